The summed E-state index contributed by atoms with van der Waals surface area (Å²) in [4.78, 5) is 22.8. The number of hydrogen-bond donors (Lipinski definition) is 1. The van der Waals surface area contributed by atoms with Gasteiger partial charge < -0.3 is 5.32 Å². The molecule has 0 radical (unpaired) electrons. The number of nitro benzene ring substituents is 1. The number of thioether (sulfide) groups is 1. The van der Waals surface area contributed by atoms with E-state index >= 15 is 0 Å². The van der Waals surface area contributed by atoms with Crippen LogP contribution in [0.2, 0.25) is 0 Å². The van der Waals surface area contributed by atoms with Gasteiger partial charge in [-0.05, 0) is 25.1 Å². The Bertz CT molecular complexity index is 911. The van der Waals surface area contributed by atoms with E-state index in [9.17, 15) is 14.9 Å². The van der Waals surface area contributed by atoms with Crippen molar-refractivity contribution in [2.24, 2.45) is 0 Å². The van der Waals surface area contributed by atoms with E-state index in [2.05, 4.69) is 15.5 Å². The number of nitrogens with zero attached hydrogens (tertiary/aromatic N) is 4. The summed E-state index contributed by atoms with van der Waals surface area (Å²) < 4.78 is 1.78. The highest BCUT2D eigenvalue weighted by Gasteiger charge is 2.21. The molecule has 3 aromatic rings. The van der Waals surface area contributed by atoms with E-state index in [1.807, 2.05) is 24.4 Å². The Morgan fingerprint density at radius 1 is 1.25 bits per heavy atom. The van der Waals surface area contributed by atoms with Crippen LogP contribution < -0.4 is 5.32 Å². The lowest BCUT2D eigenvalue weighted by atomic mass is 10.2. The van der Waals surface area contributed by atoms with Crippen molar-refractivity contribution in [2.45, 2.75) is 17.3 Å². The minimum Gasteiger partial charge on any atom is -0.319 e. The predicted octanol–water partition coefficient (Wildman–Crippen LogP) is 2.76. The monoisotopic (exact) mass is 343 g/mol. The molecule has 1 atom stereocenters. The summed E-state index contributed by atoms with van der Waals surface area (Å²) in [5.41, 5.74) is 0.716. The topological polar surface area (TPSA) is 102 Å². The minimum atomic E-state index is -0.528. The SMILES string of the molecule is C[C@@H](Sc1nnc2ccccn12)C(=O)Nc1ccccc1[N+](=O)[O-]. The molecule has 0 spiro atoms. The molecular weight excluding hydrogens is 330 g/mol. The van der Waals surface area contributed by atoms with Gasteiger partial charge in [0.05, 0.1) is 10.2 Å². The van der Waals surface area contributed by atoms with Crippen LogP contribution in [0.15, 0.2) is 53.8 Å². The van der Waals surface area contributed by atoms with Crippen molar-refractivity contribution in [2.75, 3.05) is 5.32 Å². The maximum Gasteiger partial charge on any atom is 0.292 e. The largest absolute Gasteiger partial charge is 0.319 e. The molecule has 0 aliphatic rings. The van der Waals surface area contributed by atoms with E-state index in [1.165, 1.54) is 23.9 Å². The molecule has 3 rings (SSSR count). The summed E-state index contributed by atoms with van der Waals surface area (Å²) in [6, 6.07) is 11.5. The Balaban J connectivity index is 1.75. The molecule has 1 aromatic carbocycles. The van der Waals surface area contributed by atoms with Gasteiger partial charge in [0.1, 0.15) is 5.69 Å². The normalized spacial score (nSPS) is 12.0. The summed E-state index contributed by atoms with van der Waals surface area (Å²) in [6.45, 7) is 1.71. The van der Waals surface area contributed by atoms with Crippen molar-refractivity contribution in [3.05, 3.63) is 58.8 Å². The third kappa shape index (κ3) is 3.20. The summed E-state index contributed by atoms with van der Waals surface area (Å²) in [7, 11) is 0. The molecule has 1 N–H and O–H groups in total. The molecule has 0 aliphatic carbocycles. The second-order valence-electron chi connectivity index (χ2n) is 4.94. The summed E-state index contributed by atoms with van der Waals surface area (Å²) in [6.07, 6.45) is 1.81. The highest BCUT2D eigenvalue weighted by molar-refractivity contribution is 8.00. The number of aromatic nitrogens is 3. The Labute approximate surface area is 141 Å². The van der Waals surface area contributed by atoms with Crippen LogP contribution >= 0.6 is 11.8 Å². The first-order valence-corrected chi connectivity index (χ1v) is 7.95. The van der Waals surface area contributed by atoms with E-state index in [-0.39, 0.29) is 17.3 Å². The van der Waals surface area contributed by atoms with Crippen LogP contribution in [-0.2, 0) is 4.79 Å². The Morgan fingerprint density at radius 2 is 2.00 bits per heavy atom. The van der Waals surface area contributed by atoms with Gasteiger partial charge in [-0.25, -0.2) is 0 Å². The number of carbonyl (C=O) groups excluding carboxylic acids is 1. The van der Waals surface area contributed by atoms with E-state index in [4.69, 9.17) is 0 Å². The fraction of sp³-hybridized carbons (Fsp3) is 0.133. The van der Waals surface area contributed by atoms with Crippen molar-refractivity contribution in [3.63, 3.8) is 0 Å². The van der Waals surface area contributed by atoms with Gasteiger partial charge in [0, 0.05) is 12.3 Å². The van der Waals surface area contributed by atoms with E-state index in [0.29, 0.717) is 10.8 Å². The quantitative estimate of drug-likeness (QED) is 0.434. The van der Waals surface area contributed by atoms with Gasteiger partial charge in [-0.15, -0.1) is 10.2 Å². The fourth-order valence-corrected chi connectivity index (χ4v) is 2.92. The van der Waals surface area contributed by atoms with Crippen molar-refractivity contribution in [1.82, 2.24) is 14.6 Å². The number of carbonyl (C=O) groups is 1. The highest BCUT2D eigenvalue weighted by atomic mass is 32.2. The maximum atomic E-state index is 12.3. The third-order valence-electron chi connectivity index (χ3n) is 3.29. The van der Waals surface area contributed by atoms with Crippen LogP contribution in [0.3, 0.4) is 0 Å². The van der Waals surface area contributed by atoms with Gasteiger partial charge >= 0.3 is 0 Å². The fourth-order valence-electron chi connectivity index (χ4n) is 2.08. The molecule has 0 aliphatic heterocycles. The lowest BCUT2D eigenvalue weighted by Gasteiger charge is -2.11. The van der Waals surface area contributed by atoms with E-state index < -0.39 is 10.2 Å². The molecular formula is C15H13N5O3S. The van der Waals surface area contributed by atoms with Gasteiger partial charge in [-0.2, -0.15) is 0 Å². The Morgan fingerprint density at radius 3 is 2.79 bits per heavy atom. The number of anilines is 1. The van der Waals surface area contributed by atoms with Crippen LogP contribution in [0, 0.1) is 10.1 Å². The first-order valence-electron chi connectivity index (χ1n) is 7.07. The van der Waals surface area contributed by atoms with Crippen molar-refractivity contribution in [1.29, 1.82) is 0 Å². The number of nitro groups is 1. The first kappa shape index (κ1) is 15.9. The lowest BCUT2D eigenvalue weighted by Crippen LogP contribution is -2.23. The number of pyridine rings is 1. The second-order valence-corrected chi connectivity index (χ2v) is 6.24. The van der Waals surface area contributed by atoms with Gasteiger partial charge in [-0.1, -0.05) is 30.0 Å². The van der Waals surface area contributed by atoms with Crippen molar-refractivity contribution in [3.8, 4) is 0 Å². The van der Waals surface area contributed by atoms with Crippen LogP contribution in [0.25, 0.3) is 5.65 Å². The Kier molecular flexibility index (Phi) is 4.43. The van der Waals surface area contributed by atoms with E-state index in [0.717, 1.165) is 0 Å². The zero-order valence-electron chi connectivity index (χ0n) is 12.6. The molecule has 0 unspecified atom stereocenters. The second kappa shape index (κ2) is 6.67. The molecule has 2 aromatic heterocycles. The minimum absolute atomic E-state index is 0.143. The molecule has 24 heavy (non-hydrogen) atoms. The van der Waals surface area contributed by atoms with Crippen LogP contribution in [-0.4, -0.2) is 30.7 Å². The zero-order valence-corrected chi connectivity index (χ0v) is 13.4. The molecule has 1 amide bonds. The van der Waals surface area contributed by atoms with Crippen molar-refractivity contribution >= 4 is 34.7 Å². The van der Waals surface area contributed by atoms with Gasteiger partial charge in [0.25, 0.3) is 5.69 Å². The molecule has 0 fully saturated rings. The molecule has 0 saturated heterocycles. The van der Waals surface area contributed by atoms with Gasteiger partial charge in [0.15, 0.2) is 10.8 Å². The zero-order chi connectivity index (χ0) is 17.1. The van der Waals surface area contributed by atoms with Crippen LogP contribution in [0.5, 0.6) is 0 Å². The molecule has 8 nitrogen and oxygen atoms in total. The standard InChI is InChI=1S/C15H13N5O3S/c1-10(24-15-18-17-13-8-4-5-9-19(13)15)14(21)16-11-6-2-3-7-12(11)20(22)23/h2-10H,1H3,(H,16,21)/t10-/m1/s1. The number of nitrogens with one attached hydrogen (secondary N) is 1. The molecule has 122 valence electrons. The molecule has 9 heteroatoms. The average Bonchev–Trinajstić information content (AvgIpc) is 2.98. The molecule has 2 heterocycles. The van der Waals surface area contributed by atoms with Gasteiger partial charge in [0.2, 0.25) is 5.91 Å². The highest BCUT2D eigenvalue weighted by Crippen LogP contribution is 2.26. The summed E-state index contributed by atoms with van der Waals surface area (Å²) >= 11 is 1.23. The number of benzene rings is 1. The summed E-state index contributed by atoms with van der Waals surface area (Å²) in [5.74, 6) is -0.345. The van der Waals surface area contributed by atoms with Gasteiger partial charge in [-0.3, -0.25) is 19.3 Å². The smallest absolute Gasteiger partial charge is 0.292 e. The third-order valence-corrected chi connectivity index (χ3v) is 4.35. The van der Waals surface area contributed by atoms with Crippen molar-refractivity contribution < 1.29 is 9.72 Å². The molecule has 0 saturated carbocycles. The first-order chi connectivity index (χ1) is 11.6. The van der Waals surface area contributed by atoms with Crippen LogP contribution in [0.1, 0.15) is 6.92 Å². The van der Waals surface area contributed by atoms with Crippen LogP contribution in [0.4, 0.5) is 11.4 Å². The van der Waals surface area contributed by atoms with E-state index in [1.54, 1.807) is 23.5 Å². The predicted molar refractivity (Wildman–Crippen MR) is 90.0 cm³/mol. The molecule has 0 bridgehead atoms. The number of amides is 1. The Hall–Kier alpha value is -2.94. The number of fused-ring (bicyclic) bond motifs is 1. The number of hydrogen-bond acceptors (Lipinski definition) is 6. The lowest BCUT2D eigenvalue weighted by molar-refractivity contribution is -0.383. The number of para-hydroxylation sites is 2. The summed E-state index contributed by atoms with van der Waals surface area (Å²) in [5, 5.41) is 21.8. The number of rotatable bonds is 5. The maximum absolute atomic E-state index is 12.3. The average molecular weight is 343 g/mol.